The molecule has 132 valence electrons. The zero-order valence-corrected chi connectivity index (χ0v) is 15.8. The van der Waals surface area contributed by atoms with Crippen molar-refractivity contribution in [2.45, 2.75) is 18.8 Å². The molecule has 0 aliphatic heterocycles. The van der Waals surface area contributed by atoms with Crippen molar-refractivity contribution in [1.29, 1.82) is 0 Å². The van der Waals surface area contributed by atoms with E-state index in [4.69, 9.17) is 21.7 Å². The standard InChI is InChI=1S/C18H14BrClN4O2/c19-11-7-10-3-6-13(14(10)21-8-11)17-23-15(16(20)24-17)9-1-4-12(5-2-9)22-18(25)26/h1-2,4-5,7-8,13,22H,3,6H2,(H,23,24)(H,25,26). The average molecular weight is 434 g/mol. The Bertz CT molecular complexity index is 987. The molecule has 1 aromatic carbocycles. The molecular formula is C18H14BrClN4O2. The van der Waals surface area contributed by atoms with E-state index in [1.165, 1.54) is 5.56 Å². The number of anilines is 1. The maximum atomic E-state index is 10.7. The Morgan fingerprint density at radius 2 is 2.12 bits per heavy atom. The molecule has 0 saturated carbocycles. The molecule has 1 amide bonds. The topological polar surface area (TPSA) is 90.9 Å². The predicted octanol–water partition coefficient (Wildman–Crippen LogP) is 5.06. The van der Waals surface area contributed by atoms with Crippen LogP contribution in [0.4, 0.5) is 10.5 Å². The molecule has 1 unspecified atom stereocenters. The summed E-state index contributed by atoms with van der Waals surface area (Å²) in [5.41, 5.74) is 4.21. The fraction of sp³-hybridized carbons (Fsp3) is 0.167. The van der Waals surface area contributed by atoms with Crippen molar-refractivity contribution in [1.82, 2.24) is 15.0 Å². The number of carbonyl (C=O) groups is 1. The highest BCUT2D eigenvalue weighted by atomic mass is 79.9. The summed E-state index contributed by atoms with van der Waals surface area (Å²) >= 11 is 9.84. The zero-order valence-electron chi connectivity index (χ0n) is 13.5. The number of nitrogens with zero attached hydrogens (tertiary/aromatic N) is 2. The van der Waals surface area contributed by atoms with Crippen LogP contribution in [0.25, 0.3) is 11.3 Å². The summed E-state index contributed by atoms with van der Waals surface area (Å²) in [5, 5.41) is 11.5. The number of hydrogen-bond acceptors (Lipinski definition) is 3. The summed E-state index contributed by atoms with van der Waals surface area (Å²) < 4.78 is 0.977. The number of nitrogens with one attached hydrogen (secondary N) is 2. The fourth-order valence-electron chi connectivity index (χ4n) is 3.27. The largest absolute Gasteiger partial charge is 0.465 e. The number of amides is 1. The molecule has 0 fully saturated rings. The lowest BCUT2D eigenvalue weighted by Gasteiger charge is -2.07. The van der Waals surface area contributed by atoms with Crippen LogP contribution >= 0.6 is 27.5 Å². The van der Waals surface area contributed by atoms with Gasteiger partial charge in [-0.15, -0.1) is 0 Å². The Hall–Kier alpha value is -2.38. The number of carboxylic acid groups (broad SMARTS) is 1. The minimum absolute atomic E-state index is 0.0947. The minimum Gasteiger partial charge on any atom is -0.465 e. The summed E-state index contributed by atoms with van der Waals surface area (Å²) in [5.74, 6) is 0.892. The first-order chi connectivity index (χ1) is 12.5. The maximum absolute atomic E-state index is 10.7. The van der Waals surface area contributed by atoms with Crippen molar-refractivity contribution in [3.8, 4) is 11.3 Å². The first-order valence-corrected chi connectivity index (χ1v) is 9.18. The molecule has 26 heavy (non-hydrogen) atoms. The van der Waals surface area contributed by atoms with E-state index in [-0.39, 0.29) is 5.92 Å². The maximum Gasteiger partial charge on any atom is 0.409 e. The lowest BCUT2D eigenvalue weighted by atomic mass is 10.1. The van der Waals surface area contributed by atoms with Gasteiger partial charge in [-0.3, -0.25) is 10.3 Å². The molecule has 4 rings (SSSR count). The molecular weight excluding hydrogens is 420 g/mol. The van der Waals surface area contributed by atoms with Crippen LogP contribution in [0.2, 0.25) is 5.15 Å². The van der Waals surface area contributed by atoms with Gasteiger partial charge in [0, 0.05) is 21.9 Å². The van der Waals surface area contributed by atoms with Gasteiger partial charge in [0.05, 0.1) is 11.6 Å². The van der Waals surface area contributed by atoms with Crippen molar-refractivity contribution in [3.63, 3.8) is 0 Å². The second-order valence-electron chi connectivity index (χ2n) is 6.08. The van der Waals surface area contributed by atoms with E-state index >= 15 is 0 Å². The van der Waals surface area contributed by atoms with Gasteiger partial charge in [0.15, 0.2) is 0 Å². The van der Waals surface area contributed by atoms with Gasteiger partial charge in [0.2, 0.25) is 0 Å². The lowest BCUT2D eigenvalue weighted by Crippen LogP contribution is -2.06. The van der Waals surface area contributed by atoms with Gasteiger partial charge >= 0.3 is 6.09 Å². The van der Waals surface area contributed by atoms with Gasteiger partial charge in [-0.1, -0.05) is 23.7 Å². The van der Waals surface area contributed by atoms with Crippen LogP contribution in [-0.2, 0) is 6.42 Å². The molecule has 0 spiro atoms. The Morgan fingerprint density at radius 1 is 1.35 bits per heavy atom. The van der Waals surface area contributed by atoms with E-state index in [1.807, 2.05) is 0 Å². The summed E-state index contributed by atoms with van der Waals surface area (Å²) in [6.07, 6.45) is 2.59. The number of benzene rings is 1. The number of aryl methyl sites for hydroxylation is 1. The van der Waals surface area contributed by atoms with Gasteiger partial charge in [-0.2, -0.15) is 0 Å². The summed E-state index contributed by atoms with van der Waals surface area (Å²) in [4.78, 5) is 23.1. The summed E-state index contributed by atoms with van der Waals surface area (Å²) in [6.45, 7) is 0. The third kappa shape index (κ3) is 3.20. The lowest BCUT2D eigenvalue weighted by molar-refractivity contribution is 0.210. The van der Waals surface area contributed by atoms with E-state index in [0.29, 0.717) is 16.5 Å². The van der Waals surface area contributed by atoms with Crippen molar-refractivity contribution in [2.75, 3.05) is 5.32 Å². The fourth-order valence-corrected chi connectivity index (χ4v) is 3.90. The van der Waals surface area contributed by atoms with Crippen LogP contribution in [-0.4, -0.2) is 26.2 Å². The van der Waals surface area contributed by atoms with Crippen molar-refractivity contribution < 1.29 is 9.90 Å². The Balaban J connectivity index is 1.64. The highest BCUT2D eigenvalue weighted by molar-refractivity contribution is 9.10. The number of aromatic amines is 1. The van der Waals surface area contributed by atoms with Gasteiger partial charge in [-0.25, -0.2) is 9.78 Å². The van der Waals surface area contributed by atoms with E-state index in [2.05, 4.69) is 37.3 Å². The van der Waals surface area contributed by atoms with Crippen LogP contribution in [0.1, 0.15) is 29.4 Å². The first-order valence-electron chi connectivity index (χ1n) is 8.01. The number of fused-ring (bicyclic) bond motifs is 1. The number of aromatic nitrogens is 3. The molecule has 0 bridgehead atoms. The first kappa shape index (κ1) is 17.1. The Kier molecular flexibility index (Phi) is 4.42. The molecule has 2 heterocycles. The Morgan fingerprint density at radius 3 is 2.85 bits per heavy atom. The Labute approximate surface area is 162 Å². The smallest absolute Gasteiger partial charge is 0.409 e. The number of H-pyrrole nitrogens is 1. The number of rotatable bonds is 3. The molecule has 1 aliphatic rings. The van der Waals surface area contributed by atoms with E-state index in [0.717, 1.165) is 34.4 Å². The second kappa shape index (κ2) is 6.74. The third-order valence-electron chi connectivity index (χ3n) is 4.42. The molecule has 6 nitrogen and oxygen atoms in total. The molecule has 1 aliphatic carbocycles. The molecule has 2 aromatic heterocycles. The highest BCUT2D eigenvalue weighted by Gasteiger charge is 2.29. The molecule has 1 atom stereocenters. The summed E-state index contributed by atoms with van der Waals surface area (Å²) in [7, 11) is 0. The predicted molar refractivity (Wildman–Crippen MR) is 103 cm³/mol. The number of imidazole rings is 1. The SMILES string of the molecule is O=C(O)Nc1ccc(-c2nc(C3CCc4cc(Br)cnc43)[nH]c2Cl)cc1. The third-order valence-corrected chi connectivity index (χ3v) is 5.13. The normalized spacial score (nSPS) is 15.7. The van der Waals surface area contributed by atoms with E-state index in [9.17, 15) is 4.79 Å². The molecule has 3 aromatic rings. The van der Waals surface area contributed by atoms with Gasteiger partial charge in [0.25, 0.3) is 0 Å². The van der Waals surface area contributed by atoms with E-state index < -0.39 is 6.09 Å². The minimum atomic E-state index is -1.10. The molecule has 3 N–H and O–H groups in total. The van der Waals surface area contributed by atoms with Crippen molar-refractivity contribution in [2.24, 2.45) is 0 Å². The van der Waals surface area contributed by atoms with Crippen LogP contribution in [0.5, 0.6) is 0 Å². The van der Waals surface area contributed by atoms with Crippen LogP contribution in [0.15, 0.2) is 41.0 Å². The van der Waals surface area contributed by atoms with Gasteiger partial charge in [-0.05, 0) is 52.5 Å². The van der Waals surface area contributed by atoms with Crippen LogP contribution < -0.4 is 5.32 Å². The van der Waals surface area contributed by atoms with Gasteiger partial charge < -0.3 is 10.1 Å². The van der Waals surface area contributed by atoms with Crippen molar-refractivity contribution >= 4 is 39.3 Å². The molecule has 0 radical (unpaired) electrons. The van der Waals surface area contributed by atoms with Crippen LogP contribution in [0.3, 0.4) is 0 Å². The zero-order chi connectivity index (χ0) is 18.3. The number of halogens is 2. The monoisotopic (exact) mass is 432 g/mol. The number of pyridine rings is 1. The number of hydrogen-bond donors (Lipinski definition) is 3. The second-order valence-corrected chi connectivity index (χ2v) is 7.37. The highest BCUT2D eigenvalue weighted by Crippen LogP contribution is 2.38. The van der Waals surface area contributed by atoms with Crippen LogP contribution in [0, 0.1) is 0 Å². The molecule has 8 heteroatoms. The quantitative estimate of drug-likeness (QED) is 0.539. The molecule has 0 saturated heterocycles. The average Bonchev–Trinajstić information content (AvgIpc) is 3.18. The summed E-state index contributed by atoms with van der Waals surface area (Å²) in [6, 6.07) is 9.03. The van der Waals surface area contributed by atoms with Gasteiger partial charge in [0.1, 0.15) is 16.7 Å². The van der Waals surface area contributed by atoms with E-state index in [1.54, 1.807) is 30.5 Å². The van der Waals surface area contributed by atoms with Crippen molar-refractivity contribution in [3.05, 3.63) is 63.2 Å².